The normalized spacial score (nSPS) is 20.1. The van der Waals surface area contributed by atoms with Crippen LogP contribution in [0.5, 0.6) is 0 Å². The highest BCUT2D eigenvalue weighted by atomic mass is 19.4. The highest BCUT2D eigenvalue weighted by Gasteiger charge is 2.39. The van der Waals surface area contributed by atoms with Crippen LogP contribution in [0.2, 0.25) is 0 Å². The van der Waals surface area contributed by atoms with E-state index in [4.69, 9.17) is 4.74 Å². The van der Waals surface area contributed by atoms with Crippen molar-refractivity contribution in [1.29, 1.82) is 0 Å². The maximum Gasteiger partial charge on any atom is 0.416 e. The number of carbonyl (C=O) groups is 3. The fourth-order valence-corrected chi connectivity index (χ4v) is 4.41. The van der Waals surface area contributed by atoms with Gasteiger partial charge in [0.05, 0.1) is 17.7 Å². The molecule has 1 aromatic carbocycles. The van der Waals surface area contributed by atoms with Crippen LogP contribution in [-0.4, -0.2) is 78.4 Å². The number of likely N-dealkylation sites (N-methyl/N-ethyl adjacent to an activating group) is 1. The molecule has 1 saturated heterocycles. The minimum absolute atomic E-state index is 0.101. The van der Waals surface area contributed by atoms with Crippen LogP contribution in [0.15, 0.2) is 35.5 Å². The van der Waals surface area contributed by atoms with E-state index in [1.165, 1.54) is 17.0 Å². The lowest BCUT2D eigenvalue weighted by atomic mass is 9.83. The Bertz CT molecular complexity index is 951. The number of alkyl halides is 3. The predicted octanol–water partition coefficient (Wildman–Crippen LogP) is 3.02. The monoisotopic (exact) mass is 481 g/mol. The highest BCUT2D eigenvalue weighted by molar-refractivity contribution is 5.97. The van der Waals surface area contributed by atoms with Gasteiger partial charge in [0.2, 0.25) is 11.8 Å². The summed E-state index contributed by atoms with van der Waals surface area (Å²) in [6.07, 6.45) is -4.63. The number of nitrogens with zero attached hydrogens (tertiary/aromatic N) is 3. The molecule has 186 valence electrons. The fourth-order valence-electron chi connectivity index (χ4n) is 4.41. The van der Waals surface area contributed by atoms with Crippen molar-refractivity contribution in [3.63, 3.8) is 0 Å². The molecule has 1 fully saturated rings. The van der Waals surface area contributed by atoms with Crippen LogP contribution in [-0.2, 0) is 25.3 Å². The van der Waals surface area contributed by atoms with Crippen molar-refractivity contribution in [1.82, 2.24) is 14.7 Å². The number of benzene rings is 1. The third kappa shape index (κ3) is 5.60. The standard InChI is InChI=1S/C24H30F3N3O4/c1-4-28-10-12-29(13-11-28)21(32)15-30-16(3)22(23(33)34-5-2)19(14-20(30)31)17-6-8-18(9-7-17)24(25,26)27/h6-9,19H,4-5,10-15H2,1-3H3. The summed E-state index contributed by atoms with van der Waals surface area (Å²) in [5.74, 6) is -1.98. The molecule has 2 aliphatic rings. The molecule has 34 heavy (non-hydrogen) atoms. The average molecular weight is 482 g/mol. The van der Waals surface area contributed by atoms with Gasteiger partial charge in [-0.1, -0.05) is 19.1 Å². The Morgan fingerprint density at radius 3 is 2.21 bits per heavy atom. The van der Waals surface area contributed by atoms with E-state index in [1.807, 2.05) is 0 Å². The van der Waals surface area contributed by atoms with Gasteiger partial charge in [0.25, 0.3) is 0 Å². The topological polar surface area (TPSA) is 70.2 Å². The first kappa shape index (κ1) is 25.7. The summed E-state index contributed by atoms with van der Waals surface area (Å²) in [6.45, 7) is 8.74. The second-order valence-corrected chi connectivity index (χ2v) is 8.39. The van der Waals surface area contributed by atoms with Crippen LogP contribution in [0.1, 0.15) is 44.2 Å². The van der Waals surface area contributed by atoms with Gasteiger partial charge >= 0.3 is 12.1 Å². The number of ether oxygens (including phenoxy) is 1. The van der Waals surface area contributed by atoms with E-state index >= 15 is 0 Å². The van der Waals surface area contributed by atoms with E-state index < -0.39 is 23.6 Å². The molecule has 0 spiro atoms. The summed E-state index contributed by atoms with van der Waals surface area (Å²) in [5, 5.41) is 0. The van der Waals surface area contributed by atoms with Crippen molar-refractivity contribution in [3.8, 4) is 0 Å². The van der Waals surface area contributed by atoms with Crippen LogP contribution in [0.3, 0.4) is 0 Å². The quantitative estimate of drug-likeness (QED) is 0.585. The smallest absolute Gasteiger partial charge is 0.416 e. The number of rotatable bonds is 6. The van der Waals surface area contributed by atoms with Gasteiger partial charge in [-0.15, -0.1) is 0 Å². The second-order valence-electron chi connectivity index (χ2n) is 8.39. The first-order valence-corrected chi connectivity index (χ1v) is 11.4. The van der Waals surface area contributed by atoms with Gasteiger partial charge in [-0.25, -0.2) is 4.79 Å². The molecule has 10 heteroatoms. The molecule has 7 nitrogen and oxygen atoms in total. The van der Waals surface area contributed by atoms with Crippen LogP contribution < -0.4 is 0 Å². The summed E-state index contributed by atoms with van der Waals surface area (Å²) in [4.78, 5) is 44.0. The Labute approximate surface area is 197 Å². The fraction of sp³-hybridized carbons (Fsp3) is 0.542. The maximum atomic E-state index is 13.0. The molecule has 2 amide bonds. The minimum Gasteiger partial charge on any atom is -0.463 e. The molecule has 0 radical (unpaired) electrons. The summed E-state index contributed by atoms with van der Waals surface area (Å²) in [7, 11) is 0. The van der Waals surface area contributed by atoms with Crippen LogP contribution in [0, 0.1) is 0 Å². The number of halogens is 3. The van der Waals surface area contributed by atoms with E-state index in [-0.39, 0.29) is 37.0 Å². The Morgan fingerprint density at radius 2 is 1.68 bits per heavy atom. The molecule has 2 aliphatic heterocycles. The van der Waals surface area contributed by atoms with Crippen molar-refractivity contribution in [2.24, 2.45) is 0 Å². The molecule has 0 aromatic heterocycles. The lowest BCUT2D eigenvalue weighted by Gasteiger charge is -2.37. The molecular weight excluding hydrogens is 451 g/mol. The molecular formula is C24H30F3N3O4. The average Bonchev–Trinajstić information content (AvgIpc) is 2.81. The number of amides is 2. The summed E-state index contributed by atoms with van der Waals surface area (Å²) < 4.78 is 44.1. The largest absolute Gasteiger partial charge is 0.463 e. The molecule has 1 unspecified atom stereocenters. The van der Waals surface area contributed by atoms with E-state index in [9.17, 15) is 27.6 Å². The van der Waals surface area contributed by atoms with Gasteiger partial charge < -0.3 is 19.4 Å². The Morgan fingerprint density at radius 1 is 1.06 bits per heavy atom. The first-order valence-electron chi connectivity index (χ1n) is 11.4. The maximum absolute atomic E-state index is 13.0. The number of hydrogen-bond acceptors (Lipinski definition) is 5. The van der Waals surface area contributed by atoms with E-state index in [0.717, 1.165) is 31.8 Å². The van der Waals surface area contributed by atoms with Gasteiger partial charge in [-0.2, -0.15) is 13.2 Å². The van der Waals surface area contributed by atoms with Gasteiger partial charge in [0.1, 0.15) is 6.54 Å². The second kappa shape index (κ2) is 10.6. The summed E-state index contributed by atoms with van der Waals surface area (Å²) in [5.41, 5.74) is 0.0718. The summed E-state index contributed by atoms with van der Waals surface area (Å²) >= 11 is 0. The van der Waals surface area contributed by atoms with E-state index in [1.54, 1.807) is 18.7 Å². The highest BCUT2D eigenvalue weighted by Crippen LogP contribution is 2.38. The zero-order valence-corrected chi connectivity index (χ0v) is 19.7. The zero-order chi connectivity index (χ0) is 25.0. The lowest BCUT2D eigenvalue weighted by Crippen LogP contribution is -2.52. The number of hydrogen-bond donors (Lipinski definition) is 0. The zero-order valence-electron chi connectivity index (χ0n) is 19.7. The van der Waals surface area contributed by atoms with Crippen LogP contribution in [0.4, 0.5) is 13.2 Å². The van der Waals surface area contributed by atoms with Gasteiger partial charge in [0, 0.05) is 44.2 Å². The van der Waals surface area contributed by atoms with Gasteiger partial charge in [-0.05, 0) is 38.1 Å². The van der Waals surface area contributed by atoms with Crippen molar-refractivity contribution in [2.75, 3.05) is 45.9 Å². The molecule has 0 saturated carbocycles. The van der Waals surface area contributed by atoms with Crippen molar-refractivity contribution in [2.45, 2.75) is 39.3 Å². The number of piperazine rings is 1. The molecule has 1 atom stereocenters. The van der Waals surface area contributed by atoms with Gasteiger partial charge in [0.15, 0.2) is 0 Å². The van der Waals surface area contributed by atoms with E-state index in [2.05, 4.69) is 11.8 Å². The third-order valence-electron chi connectivity index (χ3n) is 6.42. The molecule has 0 aliphatic carbocycles. The number of carbonyl (C=O) groups excluding carboxylic acids is 3. The lowest BCUT2D eigenvalue weighted by molar-refractivity contribution is -0.143. The molecule has 3 rings (SSSR count). The molecule has 0 N–H and O–H groups in total. The molecule has 0 bridgehead atoms. The van der Waals surface area contributed by atoms with E-state index in [0.29, 0.717) is 24.4 Å². The summed E-state index contributed by atoms with van der Waals surface area (Å²) in [6, 6.07) is 4.43. The minimum atomic E-state index is -4.49. The van der Waals surface area contributed by atoms with Gasteiger partial charge in [-0.3, -0.25) is 9.59 Å². The number of allylic oxidation sites excluding steroid dienone is 1. The number of esters is 1. The Kier molecular flexibility index (Phi) is 8.01. The van der Waals surface area contributed by atoms with Crippen molar-refractivity contribution >= 4 is 17.8 Å². The SMILES string of the molecule is CCOC(=O)C1=C(C)N(CC(=O)N2CCN(CC)CC2)C(=O)CC1c1ccc(C(F)(F)F)cc1. The van der Waals surface area contributed by atoms with Crippen LogP contribution in [0.25, 0.3) is 0 Å². The van der Waals surface area contributed by atoms with Crippen molar-refractivity contribution < 1.29 is 32.3 Å². The Hall–Kier alpha value is -2.88. The van der Waals surface area contributed by atoms with Crippen LogP contribution >= 0.6 is 0 Å². The first-order chi connectivity index (χ1) is 16.1. The molecule has 2 heterocycles. The Balaban J connectivity index is 1.87. The third-order valence-corrected chi connectivity index (χ3v) is 6.42. The van der Waals surface area contributed by atoms with Crippen molar-refractivity contribution in [3.05, 3.63) is 46.7 Å². The molecule has 1 aromatic rings. The predicted molar refractivity (Wildman–Crippen MR) is 119 cm³/mol.